The fourth-order valence-corrected chi connectivity index (χ4v) is 1.93. The van der Waals surface area contributed by atoms with Crippen LogP contribution >= 0.6 is 0 Å². The first-order valence-corrected chi connectivity index (χ1v) is 8.52. The smallest absolute Gasteiger partial charge is 0.344 e. The summed E-state index contributed by atoms with van der Waals surface area (Å²) in [7, 11) is 1.49. The number of carbonyl (C=O) groups is 3. The third kappa shape index (κ3) is 8.75. The van der Waals surface area contributed by atoms with Crippen LogP contribution in [0.4, 0.5) is 4.79 Å². The summed E-state index contributed by atoms with van der Waals surface area (Å²) in [6.45, 7) is 5.21. The highest BCUT2D eigenvalue weighted by atomic mass is 16.6. The zero-order valence-corrected chi connectivity index (χ0v) is 16.0. The van der Waals surface area contributed by atoms with Crippen LogP contribution in [0.15, 0.2) is 24.3 Å². The minimum Gasteiger partial charge on any atom is -0.493 e. The Morgan fingerprint density at radius 3 is 2.52 bits per heavy atom. The minimum atomic E-state index is -0.743. The molecule has 2 N–H and O–H groups in total. The van der Waals surface area contributed by atoms with Crippen LogP contribution < -0.4 is 20.1 Å². The number of nitrogens with one attached hydrogen (secondary N) is 2. The van der Waals surface area contributed by atoms with Gasteiger partial charge in [-0.15, -0.1) is 0 Å². The molecule has 0 saturated carbocycles. The van der Waals surface area contributed by atoms with Crippen LogP contribution in [0.2, 0.25) is 0 Å². The van der Waals surface area contributed by atoms with E-state index in [1.54, 1.807) is 12.1 Å². The number of allylic oxidation sites excluding steroid dienone is 1. The molecule has 27 heavy (non-hydrogen) atoms. The lowest BCUT2D eigenvalue weighted by Crippen LogP contribution is -2.42. The quantitative estimate of drug-likeness (QED) is 0.638. The van der Waals surface area contributed by atoms with Gasteiger partial charge in [-0.3, -0.25) is 10.1 Å². The first kappa shape index (κ1) is 22.0. The van der Waals surface area contributed by atoms with Crippen molar-refractivity contribution in [3.05, 3.63) is 29.8 Å². The van der Waals surface area contributed by atoms with Crippen molar-refractivity contribution in [2.75, 3.05) is 26.9 Å². The zero-order chi connectivity index (χ0) is 20.2. The van der Waals surface area contributed by atoms with Crippen molar-refractivity contribution < 1.29 is 28.6 Å². The number of ether oxygens (including phenoxy) is 3. The maximum Gasteiger partial charge on any atom is 0.344 e. The molecular formula is C19H26N2O6. The van der Waals surface area contributed by atoms with Crippen molar-refractivity contribution in [3.63, 3.8) is 0 Å². The van der Waals surface area contributed by atoms with Crippen LogP contribution in [0.25, 0.3) is 6.08 Å². The summed E-state index contributed by atoms with van der Waals surface area (Å²) >= 11 is 0. The molecule has 0 spiro atoms. The van der Waals surface area contributed by atoms with E-state index in [2.05, 4.69) is 10.6 Å². The Morgan fingerprint density at radius 2 is 1.89 bits per heavy atom. The standard InChI is InChI=1S/C19H26N2O6/c1-5-6-14-7-8-15(16(9-14)25-4)26-12-18(23)27-11-17(22)21-19(24)20-10-13(2)3/h5-9,13H,10-12H2,1-4H3,(H2,20,21,22,24)/b6-5+. The van der Waals surface area contributed by atoms with E-state index in [1.165, 1.54) is 7.11 Å². The van der Waals surface area contributed by atoms with E-state index in [9.17, 15) is 14.4 Å². The van der Waals surface area contributed by atoms with Gasteiger partial charge in [0.05, 0.1) is 7.11 Å². The second-order valence-corrected chi connectivity index (χ2v) is 6.01. The van der Waals surface area contributed by atoms with E-state index in [4.69, 9.17) is 14.2 Å². The van der Waals surface area contributed by atoms with Crippen molar-refractivity contribution >= 4 is 24.0 Å². The zero-order valence-electron chi connectivity index (χ0n) is 16.0. The molecular weight excluding hydrogens is 352 g/mol. The molecule has 0 aliphatic rings. The van der Waals surface area contributed by atoms with Gasteiger partial charge < -0.3 is 19.5 Å². The average Bonchev–Trinajstić information content (AvgIpc) is 2.63. The Kier molecular flexibility index (Phi) is 9.42. The molecule has 8 heteroatoms. The molecule has 1 rings (SSSR count). The predicted molar refractivity (Wildman–Crippen MR) is 101 cm³/mol. The number of hydrogen-bond donors (Lipinski definition) is 2. The molecule has 0 aliphatic carbocycles. The lowest BCUT2D eigenvalue weighted by Gasteiger charge is -2.11. The number of amides is 3. The Labute approximate surface area is 158 Å². The van der Waals surface area contributed by atoms with Crippen LogP contribution in [0.3, 0.4) is 0 Å². The maximum atomic E-state index is 11.7. The van der Waals surface area contributed by atoms with Gasteiger partial charge in [0.15, 0.2) is 24.7 Å². The third-order valence-corrected chi connectivity index (χ3v) is 3.18. The maximum absolute atomic E-state index is 11.7. The van der Waals surface area contributed by atoms with Crippen molar-refractivity contribution in [3.8, 4) is 11.5 Å². The fraction of sp³-hybridized carbons (Fsp3) is 0.421. The van der Waals surface area contributed by atoms with E-state index < -0.39 is 31.1 Å². The monoisotopic (exact) mass is 378 g/mol. The Morgan fingerprint density at radius 1 is 1.15 bits per heavy atom. The summed E-state index contributed by atoms with van der Waals surface area (Å²) in [6, 6.07) is 4.62. The van der Waals surface area contributed by atoms with Crippen LogP contribution in [-0.2, 0) is 14.3 Å². The second-order valence-electron chi connectivity index (χ2n) is 6.01. The molecule has 1 aromatic carbocycles. The van der Waals surface area contributed by atoms with Gasteiger partial charge in [0.25, 0.3) is 5.91 Å². The summed E-state index contributed by atoms with van der Waals surface area (Å²) in [4.78, 5) is 34.7. The molecule has 1 aromatic rings. The van der Waals surface area contributed by atoms with Gasteiger partial charge in [0.1, 0.15) is 0 Å². The number of hydrogen-bond acceptors (Lipinski definition) is 6. The molecule has 0 saturated heterocycles. The minimum absolute atomic E-state index is 0.255. The number of esters is 1. The molecule has 0 unspecified atom stereocenters. The normalized spacial score (nSPS) is 10.6. The SMILES string of the molecule is C/C=C/c1ccc(OCC(=O)OCC(=O)NC(=O)NCC(C)C)c(OC)c1. The fourth-order valence-electron chi connectivity index (χ4n) is 1.93. The molecule has 0 atom stereocenters. The molecule has 0 bridgehead atoms. The highest BCUT2D eigenvalue weighted by molar-refractivity contribution is 5.95. The van der Waals surface area contributed by atoms with Crippen molar-refractivity contribution in [1.82, 2.24) is 10.6 Å². The Bertz CT molecular complexity index is 685. The van der Waals surface area contributed by atoms with Crippen molar-refractivity contribution in [2.45, 2.75) is 20.8 Å². The third-order valence-electron chi connectivity index (χ3n) is 3.18. The lowest BCUT2D eigenvalue weighted by atomic mass is 10.2. The molecule has 148 valence electrons. The van der Waals surface area contributed by atoms with Crippen LogP contribution in [0.5, 0.6) is 11.5 Å². The molecule has 0 heterocycles. The van der Waals surface area contributed by atoms with Gasteiger partial charge in [-0.25, -0.2) is 9.59 Å². The van der Waals surface area contributed by atoms with E-state index in [-0.39, 0.29) is 5.92 Å². The van der Waals surface area contributed by atoms with E-state index in [0.717, 1.165) is 5.56 Å². The number of imide groups is 1. The Hall–Kier alpha value is -3.03. The van der Waals surface area contributed by atoms with Crippen molar-refractivity contribution in [1.29, 1.82) is 0 Å². The molecule has 0 aromatic heterocycles. The highest BCUT2D eigenvalue weighted by Crippen LogP contribution is 2.28. The van der Waals surface area contributed by atoms with Crippen LogP contribution in [-0.4, -0.2) is 44.8 Å². The lowest BCUT2D eigenvalue weighted by molar-refractivity contribution is -0.150. The first-order valence-electron chi connectivity index (χ1n) is 8.52. The predicted octanol–water partition coefficient (Wildman–Crippen LogP) is 2.13. The van der Waals surface area contributed by atoms with Crippen LogP contribution in [0.1, 0.15) is 26.3 Å². The number of rotatable bonds is 9. The topological polar surface area (TPSA) is 103 Å². The second kappa shape index (κ2) is 11.6. The van der Waals surface area contributed by atoms with Gasteiger partial charge in [-0.05, 0) is 30.5 Å². The number of benzene rings is 1. The first-order chi connectivity index (χ1) is 12.8. The van der Waals surface area contributed by atoms with E-state index >= 15 is 0 Å². The van der Waals surface area contributed by atoms with E-state index in [0.29, 0.717) is 18.0 Å². The van der Waals surface area contributed by atoms with E-state index in [1.807, 2.05) is 39.0 Å². The molecule has 3 amide bonds. The molecule has 0 fully saturated rings. The highest BCUT2D eigenvalue weighted by Gasteiger charge is 2.13. The molecule has 8 nitrogen and oxygen atoms in total. The largest absolute Gasteiger partial charge is 0.493 e. The molecule has 0 radical (unpaired) electrons. The van der Waals surface area contributed by atoms with Gasteiger partial charge in [0.2, 0.25) is 0 Å². The molecule has 0 aliphatic heterocycles. The van der Waals surface area contributed by atoms with Crippen molar-refractivity contribution in [2.24, 2.45) is 5.92 Å². The number of carbonyl (C=O) groups excluding carboxylic acids is 3. The van der Waals surface area contributed by atoms with Gasteiger partial charge in [-0.1, -0.05) is 32.1 Å². The summed E-state index contributed by atoms with van der Waals surface area (Å²) in [5, 5.41) is 4.59. The van der Waals surface area contributed by atoms with Gasteiger partial charge in [0, 0.05) is 6.54 Å². The van der Waals surface area contributed by atoms with Gasteiger partial charge >= 0.3 is 12.0 Å². The van der Waals surface area contributed by atoms with Gasteiger partial charge in [-0.2, -0.15) is 0 Å². The summed E-state index contributed by atoms with van der Waals surface area (Å²) in [6.07, 6.45) is 3.79. The number of urea groups is 1. The Balaban J connectivity index is 2.41. The summed E-state index contributed by atoms with van der Waals surface area (Å²) < 4.78 is 15.4. The van der Waals surface area contributed by atoms with Crippen LogP contribution in [0, 0.1) is 5.92 Å². The summed E-state index contributed by atoms with van der Waals surface area (Å²) in [5.41, 5.74) is 0.927. The number of methoxy groups -OCH3 is 1. The average molecular weight is 378 g/mol. The summed E-state index contributed by atoms with van der Waals surface area (Å²) in [5.74, 6) is -0.367.